The number of rotatable bonds is 6. The first kappa shape index (κ1) is 22.4. The Hall–Kier alpha value is -2.11. The third-order valence-electron chi connectivity index (χ3n) is 9.78. The molecule has 0 unspecified atom stereocenters. The van der Waals surface area contributed by atoms with Crippen LogP contribution in [0.15, 0.2) is 12.1 Å². The van der Waals surface area contributed by atoms with E-state index >= 15 is 4.39 Å². The molecule has 5 saturated carbocycles. The smallest absolute Gasteiger partial charge is 0.326 e. The Morgan fingerprint density at radius 3 is 2.26 bits per heavy atom. The number of hydrogen-bond acceptors (Lipinski definition) is 3. The summed E-state index contributed by atoms with van der Waals surface area (Å²) in [5.74, 6) is 1.13. The number of carboxylic acid groups (broad SMARTS) is 1. The van der Waals surface area contributed by atoms with E-state index in [-0.39, 0.29) is 22.8 Å². The van der Waals surface area contributed by atoms with Crippen LogP contribution in [0.5, 0.6) is 5.75 Å². The maximum Gasteiger partial charge on any atom is 0.326 e. The fraction of sp³-hybridized carbons (Fsp3) is 0.714. The van der Waals surface area contributed by atoms with Crippen molar-refractivity contribution in [3.63, 3.8) is 0 Å². The summed E-state index contributed by atoms with van der Waals surface area (Å²) < 4.78 is 21.7. The van der Waals surface area contributed by atoms with Gasteiger partial charge in [0.15, 0.2) is 0 Å². The first-order valence-corrected chi connectivity index (χ1v) is 13.2. The SMILES string of the molecule is C[C@@H]1[C@@H](C(=O)O)N(C(=O)c2cc(C3CC3)c(OCC34CC5CC(CC(C5)C3)C4)cc2F)C[C@@H]1C. The zero-order chi connectivity index (χ0) is 23.8. The number of likely N-dealkylation sites (tertiary alicyclic amines) is 1. The van der Waals surface area contributed by atoms with Crippen molar-refractivity contribution in [2.24, 2.45) is 35.0 Å². The van der Waals surface area contributed by atoms with Gasteiger partial charge in [0.2, 0.25) is 0 Å². The molecular weight excluding hydrogens is 433 g/mol. The third kappa shape index (κ3) is 3.72. The van der Waals surface area contributed by atoms with Gasteiger partial charge in [0.1, 0.15) is 17.6 Å². The Morgan fingerprint density at radius 2 is 1.71 bits per heavy atom. The zero-order valence-corrected chi connectivity index (χ0v) is 20.3. The Balaban J connectivity index is 1.25. The van der Waals surface area contributed by atoms with Gasteiger partial charge in [-0.25, -0.2) is 9.18 Å². The fourth-order valence-corrected chi connectivity index (χ4v) is 8.18. The molecule has 4 bridgehead atoms. The topological polar surface area (TPSA) is 66.8 Å². The molecule has 6 fully saturated rings. The number of carbonyl (C=O) groups excluding carboxylic acids is 1. The van der Waals surface area contributed by atoms with Crippen LogP contribution in [0.1, 0.15) is 87.1 Å². The van der Waals surface area contributed by atoms with Gasteiger partial charge in [-0.1, -0.05) is 13.8 Å². The fourth-order valence-electron chi connectivity index (χ4n) is 8.18. The van der Waals surface area contributed by atoms with Crippen LogP contribution in [0.4, 0.5) is 4.39 Å². The number of carbonyl (C=O) groups is 2. The molecule has 1 aliphatic heterocycles. The molecule has 184 valence electrons. The molecule has 1 saturated heterocycles. The van der Waals surface area contributed by atoms with Gasteiger partial charge in [0, 0.05) is 18.0 Å². The predicted octanol–water partition coefficient (Wildman–Crippen LogP) is 5.48. The van der Waals surface area contributed by atoms with Crippen molar-refractivity contribution in [1.29, 1.82) is 0 Å². The molecule has 0 radical (unpaired) electrons. The highest BCUT2D eigenvalue weighted by Crippen LogP contribution is 2.60. The summed E-state index contributed by atoms with van der Waals surface area (Å²) in [6, 6.07) is 2.15. The molecule has 0 aromatic heterocycles. The van der Waals surface area contributed by atoms with E-state index in [4.69, 9.17) is 4.74 Å². The van der Waals surface area contributed by atoms with Gasteiger partial charge in [-0.05, 0) is 98.5 Å². The minimum absolute atomic E-state index is 0.0170. The normalized spacial score (nSPS) is 38.4. The van der Waals surface area contributed by atoms with E-state index in [1.54, 1.807) is 6.07 Å². The summed E-state index contributed by atoms with van der Waals surface area (Å²) in [6.07, 6.45) is 9.87. The Kier molecular flexibility index (Phi) is 5.23. The van der Waals surface area contributed by atoms with Gasteiger partial charge in [-0.3, -0.25) is 4.79 Å². The number of nitrogens with zero attached hydrogens (tertiary/aromatic N) is 1. The van der Waals surface area contributed by atoms with Gasteiger partial charge >= 0.3 is 5.97 Å². The van der Waals surface area contributed by atoms with E-state index in [0.29, 0.717) is 24.8 Å². The van der Waals surface area contributed by atoms with E-state index in [0.717, 1.165) is 36.2 Å². The van der Waals surface area contributed by atoms with E-state index in [1.807, 2.05) is 13.8 Å². The molecule has 1 amide bonds. The quantitative estimate of drug-likeness (QED) is 0.599. The molecular formula is C28H36FNO4. The van der Waals surface area contributed by atoms with Crippen molar-refractivity contribution in [3.8, 4) is 5.75 Å². The van der Waals surface area contributed by atoms with Crippen LogP contribution in [-0.4, -0.2) is 41.1 Å². The van der Waals surface area contributed by atoms with Gasteiger partial charge in [-0.2, -0.15) is 0 Å². The second-order valence-corrected chi connectivity index (χ2v) is 12.4. The van der Waals surface area contributed by atoms with Crippen LogP contribution in [0.2, 0.25) is 0 Å². The molecule has 6 heteroatoms. The first-order chi connectivity index (χ1) is 16.2. The van der Waals surface area contributed by atoms with Crippen molar-refractivity contribution in [2.45, 2.75) is 77.2 Å². The molecule has 34 heavy (non-hydrogen) atoms. The lowest BCUT2D eigenvalue weighted by molar-refractivity contribution is -0.142. The molecule has 7 rings (SSSR count). The largest absolute Gasteiger partial charge is 0.493 e. The van der Waals surface area contributed by atoms with Crippen LogP contribution in [0.25, 0.3) is 0 Å². The number of halogens is 1. The number of ether oxygens (including phenoxy) is 1. The lowest BCUT2D eigenvalue weighted by Crippen LogP contribution is -2.48. The van der Waals surface area contributed by atoms with Crippen molar-refractivity contribution in [1.82, 2.24) is 4.90 Å². The molecule has 1 aromatic rings. The van der Waals surface area contributed by atoms with Crippen LogP contribution in [-0.2, 0) is 4.79 Å². The first-order valence-electron chi connectivity index (χ1n) is 13.2. The molecule has 1 aromatic carbocycles. The van der Waals surface area contributed by atoms with Crippen LogP contribution in [0, 0.1) is 40.8 Å². The highest BCUT2D eigenvalue weighted by molar-refractivity contribution is 5.97. The minimum Gasteiger partial charge on any atom is -0.493 e. The Morgan fingerprint density at radius 1 is 1.09 bits per heavy atom. The molecule has 0 spiro atoms. The molecule has 5 aliphatic carbocycles. The summed E-state index contributed by atoms with van der Waals surface area (Å²) in [6.45, 7) is 4.77. The Bertz CT molecular complexity index is 983. The van der Waals surface area contributed by atoms with Crippen LogP contribution < -0.4 is 4.74 Å². The monoisotopic (exact) mass is 469 g/mol. The number of hydrogen-bond donors (Lipinski definition) is 1. The van der Waals surface area contributed by atoms with Crippen molar-refractivity contribution < 1.29 is 23.8 Å². The van der Waals surface area contributed by atoms with E-state index < -0.39 is 23.7 Å². The zero-order valence-electron chi connectivity index (χ0n) is 20.3. The maximum absolute atomic E-state index is 15.4. The summed E-state index contributed by atoms with van der Waals surface area (Å²) in [5.41, 5.74) is 1.13. The summed E-state index contributed by atoms with van der Waals surface area (Å²) in [7, 11) is 0. The summed E-state index contributed by atoms with van der Waals surface area (Å²) in [5, 5.41) is 9.71. The highest BCUT2D eigenvalue weighted by atomic mass is 19.1. The molecule has 5 nitrogen and oxygen atoms in total. The van der Waals surface area contributed by atoms with Gasteiger partial charge in [-0.15, -0.1) is 0 Å². The van der Waals surface area contributed by atoms with Gasteiger partial charge < -0.3 is 14.7 Å². The standard InChI is InChI=1S/C28H36FNO4/c1-15-13-30(25(16(15)2)27(32)33)26(31)22-8-21(20-3-4-20)24(9-23(22)29)34-14-28-10-17-5-18(11-28)7-19(6-17)12-28/h8-9,15-20,25H,3-7,10-14H2,1-2H3,(H,32,33)/t15-,16-,17?,18?,19?,25-,28?/m0/s1. The van der Waals surface area contributed by atoms with E-state index in [9.17, 15) is 14.7 Å². The molecule has 6 aliphatic rings. The average molecular weight is 470 g/mol. The third-order valence-corrected chi connectivity index (χ3v) is 9.78. The lowest BCUT2D eigenvalue weighted by atomic mass is 9.50. The molecule has 3 atom stereocenters. The van der Waals surface area contributed by atoms with Crippen molar-refractivity contribution in [3.05, 3.63) is 29.1 Å². The number of carboxylic acids is 1. The van der Waals surface area contributed by atoms with Crippen LogP contribution >= 0.6 is 0 Å². The van der Waals surface area contributed by atoms with E-state index in [2.05, 4.69) is 0 Å². The average Bonchev–Trinajstić information content (AvgIpc) is 3.56. The predicted molar refractivity (Wildman–Crippen MR) is 125 cm³/mol. The van der Waals surface area contributed by atoms with Gasteiger partial charge in [0.05, 0.1) is 12.2 Å². The Labute approximate surface area is 201 Å². The van der Waals surface area contributed by atoms with Crippen molar-refractivity contribution >= 4 is 11.9 Å². The summed E-state index contributed by atoms with van der Waals surface area (Å²) >= 11 is 0. The molecule has 1 heterocycles. The van der Waals surface area contributed by atoms with E-state index in [1.165, 1.54) is 49.5 Å². The number of benzene rings is 1. The molecule has 1 N–H and O–H groups in total. The number of amides is 1. The highest BCUT2D eigenvalue weighted by Gasteiger charge is 2.51. The lowest BCUT2D eigenvalue weighted by Gasteiger charge is -2.56. The van der Waals surface area contributed by atoms with Crippen molar-refractivity contribution in [2.75, 3.05) is 13.2 Å². The van der Waals surface area contributed by atoms with Crippen LogP contribution in [0.3, 0.4) is 0 Å². The second kappa shape index (κ2) is 7.96. The second-order valence-electron chi connectivity index (χ2n) is 12.4. The minimum atomic E-state index is -1.02. The summed E-state index contributed by atoms with van der Waals surface area (Å²) in [4.78, 5) is 26.6. The van der Waals surface area contributed by atoms with Gasteiger partial charge in [0.25, 0.3) is 5.91 Å². The maximum atomic E-state index is 15.4. The number of aliphatic carboxylic acids is 1.